The molecule has 0 aromatic carbocycles. The van der Waals surface area contributed by atoms with Gasteiger partial charge in [0.1, 0.15) is 0 Å². The van der Waals surface area contributed by atoms with Crippen LogP contribution in [0.1, 0.15) is 45.2 Å². The van der Waals surface area contributed by atoms with Gasteiger partial charge >= 0.3 is 0 Å². The van der Waals surface area contributed by atoms with E-state index in [4.69, 9.17) is 0 Å². The van der Waals surface area contributed by atoms with E-state index in [1.807, 2.05) is 44.0 Å². The Hall–Kier alpha value is -1.95. The third-order valence-corrected chi connectivity index (χ3v) is 4.17. The maximum absolute atomic E-state index is 12.6. The number of carbonyl (C=O) groups is 2. The van der Waals surface area contributed by atoms with Crippen LogP contribution < -0.4 is 10.6 Å². The second-order valence-corrected chi connectivity index (χ2v) is 7.20. The van der Waals surface area contributed by atoms with Gasteiger partial charge in [-0.25, -0.2) is 0 Å². The largest absolute Gasteiger partial charge is 0.356 e. The quantitative estimate of drug-likeness (QED) is 0.801. The maximum Gasteiger partial charge on any atom is 0.225 e. The van der Waals surface area contributed by atoms with Gasteiger partial charge in [0.05, 0.1) is 6.04 Å². The first-order chi connectivity index (χ1) is 11.4. The fourth-order valence-electron chi connectivity index (χ4n) is 2.72. The molecule has 2 rings (SSSR count). The van der Waals surface area contributed by atoms with E-state index in [1.54, 1.807) is 6.20 Å². The molecule has 0 spiro atoms. The summed E-state index contributed by atoms with van der Waals surface area (Å²) in [5.74, 6) is 0.153. The average molecular weight is 332 g/mol. The van der Waals surface area contributed by atoms with Crippen molar-refractivity contribution in [2.75, 3.05) is 26.2 Å². The lowest BCUT2D eigenvalue weighted by molar-refractivity contribution is -0.135. The number of piperazine rings is 1. The molecule has 0 radical (unpaired) electrons. The summed E-state index contributed by atoms with van der Waals surface area (Å²) >= 11 is 0. The van der Waals surface area contributed by atoms with Gasteiger partial charge in [-0.1, -0.05) is 26.8 Å². The first-order valence-corrected chi connectivity index (χ1v) is 8.58. The van der Waals surface area contributed by atoms with Crippen LogP contribution in [0.4, 0.5) is 0 Å². The Labute approximate surface area is 144 Å². The predicted octanol–water partition coefficient (Wildman–Crippen LogP) is 1.50. The highest BCUT2D eigenvalue weighted by atomic mass is 16.2. The molecule has 132 valence electrons. The molecule has 1 aromatic rings. The molecule has 1 aliphatic rings. The molecule has 1 atom stereocenters. The van der Waals surface area contributed by atoms with E-state index in [1.165, 1.54) is 0 Å². The first-order valence-electron chi connectivity index (χ1n) is 8.58. The number of pyridine rings is 1. The van der Waals surface area contributed by atoms with Gasteiger partial charge in [-0.15, -0.1) is 0 Å². The molecule has 1 fully saturated rings. The highest BCUT2D eigenvalue weighted by Gasteiger charge is 2.27. The van der Waals surface area contributed by atoms with Gasteiger partial charge < -0.3 is 15.5 Å². The lowest BCUT2D eigenvalue weighted by Gasteiger charge is -2.36. The van der Waals surface area contributed by atoms with E-state index in [2.05, 4.69) is 15.6 Å². The van der Waals surface area contributed by atoms with Gasteiger partial charge in [0.25, 0.3) is 0 Å². The topological polar surface area (TPSA) is 74.3 Å². The molecule has 0 saturated carbocycles. The van der Waals surface area contributed by atoms with Crippen molar-refractivity contribution in [3.05, 3.63) is 30.1 Å². The van der Waals surface area contributed by atoms with Crippen LogP contribution in [-0.4, -0.2) is 47.9 Å². The molecule has 1 unspecified atom stereocenters. The van der Waals surface area contributed by atoms with Gasteiger partial charge in [-0.3, -0.25) is 14.6 Å². The van der Waals surface area contributed by atoms with E-state index in [-0.39, 0.29) is 17.9 Å². The number of nitrogens with one attached hydrogen (secondary N) is 2. The van der Waals surface area contributed by atoms with Crippen molar-refractivity contribution < 1.29 is 9.59 Å². The minimum Gasteiger partial charge on any atom is -0.356 e. The molecule has 24 heavy (non-hydrogen) atoms. The monoisotopic (exact) mass is 332 g/mol. The van der Waals surface area contributed by atoms with Crippen LogP contribution in [-0.2, 0) is 9.59 Å². The number of aromatic nitrogens is 1. The van der Waals surface area contributed by atoms with E-state index in [9.17, 15) is 9.59 Å². The summed E-state index contributed by atoms with van der Waals surface area (Å²) in [5.41, 5.74) is 0.660. The van der Waals surface area contributed by atoms with Crippen LogP contribution in [0.25, 0.3) is 0 Å². The first kappa shape index (κ1) is 18.4. The smallest absolute Gasteiger partial charge is 0.225 e. The standard InChI is InChI=1S/C18H28N4O2/c1-18(2,3)17(24)21-9-5-7-16(23)22-11-10-20-13-15(22)14-6-4-8-19-12-14/h4,6,8,12,15,20H,5,7,9-11,13H2,1-3H3,(H,21,24). The normalized spacial score (nSPS) is 18.3. The molecular weight excluding hydrogens is 304 g/mol. The molecule has 2 N–H and O–H groups in total. The summed E-state index contributed by atoms with van der Waals surface area (Å²) in [7, 11) is 0. The van der Waals surface area contributed by atoms with Gasteiger partial charge in [-0.05, 0) is 18.1 Å². The van der Waals surface area contributed by atoms with Crippen LogP contribution in [0.2, 0.25) is 0 Å². The number of hydrogen-bond acceptors (Lipinski definition) is 4. The van der Waals surface area contributed by atoms with Gasteiger partial charge in [0.15, 0.2) is 0 Å². The minimum atomic E-state index is -0.395. The molecule has 2 heterocycles. The summed E-state index contributed by atoms with van der Waals surface area (Å²) in [6.45, 7) is 8.44. The highest BCUT2D eigenvalue weighted by molar-refractivity contribution is 5.81. The van der Waals surface area contributed by atoms with Gasteiger partial charge in [0, 0.05) is 50.4 Å². The maximum atomic E-state index is 12.6. The highest BCUT2D eigenvalue weighted by Crippen LogP contribution is 2.22. The lowest BCUT2D eigenvalue weighted by atomic mass is 9.96. The average Bonchev–Trinajstić information content (AvgIpc) is 2.58. The number of amides is 2. The molecule has 0 aliphatic carbocycles. The zero-order valence-electron chi connectivity index (χ0n) is 14.8. The molecule has 6 heteroatoms. The summed E-state index contributed by atoms with van der Waals surface area (Å²) in [5, 5.41) is 6.23. The number of rotatable bonds is 5. The van der Waals surface area contributed by atoms with Crippen LogP contribution in [0.5, 0.6) is 0 Å². The molecule has 2 amide bonds. The van der Waals surface area contributed by atoms with Crippen LogP contribution >= 0.6 is 0 Å². The van der Waals surface area contributed by atoms with Crippen molar-refractivity contribution >= 4 is 11.8 Å². The van der Waals surface area contributed by atoms with Crippen molar-refractivity contribution in [1.82, 2.24) is 20.5 Å². The Kier molecular flexibility index (Phi) is 6.31. The Bertz CT molecular complexity index is 554. The Balaban J connectivity index is 1.85. The zero-order valence-corrected chi connectivity index (χ0v) is 14.8. The summed E-state index contributed by atoms with van der Waals surface area (Å²) in [6.07, 6.45) is 4.66. The van der Waals surface area contributed by atoms with Crippen molar-refractivity contribution in [2.24, 2.45) is 5.41 Å². The number of nitrogens with zero attached hydrogens (tertiary/aromatic N) is 2. The number of hydrogen-bond donors (Lipinski definition) is 2. The van der Waals surface area contributed by atoms with E-state index in [0.29, 0.717) is 25.9 Å². The third kappa shape index (κ3) is 5.03. The SMILES string of the molecule is CC(C)(C)C(=O)NCCCC(=O)N1CCNCC1c1cccnc1. The van der Waals surface area contributed by atoms with Crippen LogP contribution in [0.15, 0.2) is 24.5 Å². The molecule has 1 aromatic heterocycles. The second kappa shape index (κ2) is 8.24. The third-order valence-electron chi connectivity index (χ3n) is 4.17. The Morgan fingerprint density at radius 3 is 2.88 bits per heavy atom. The zero-order chi connectivity index (χ0) is 17.6. The van der Waals surface area contributed by atoms with Crippen LogP contribution in [0.3, 0.4) is 0 Å². The van der Waals surface area contributed by atoms with Crippen LogP contribution in [0, 0.1) is 5.41 Å². The van der Waals surface area contributed by atoms with Crippen molar-refractivity contribution in [1.29, 1.82) is 0 Å². The molecule has 1 aliphatic heterocycles. The molecule has 6 nitrogen and oxygen atoms in total. The lowest BCUT2D eigenvalue weighted by Crippen LogP contribution is -2.48. The fourth-order valence-corrected chi connectivity index (χ4v) is 2.72. The molecule has 0 bridgehead atoms. The van der Waals surface area contributed by atoms with E-state index < -0.39 is 5.41 Å². The predicted molar refractivity (Wildman–Crippen MR) is 93.3 cm³/mol. The van der Waals surface area contributed by atoms with Crippen molar-refractivity contribution in [2.45, 2.75) is 39.7 Å². The van der Waals surface area contributed by atoms with E-state index in [0.717, 1.165) is 18.7 Å². The van der Waals surface area contributed by atoms with Crippen molar-refractivity contribution in [3.8, 4) is 0 Å². The summed E-state index contributed by atoms with van der Waals surface area (Å²) < 4.78 is 0. The van der Waals surface area contributed by atoms with Gasteiger partial charge in [-0.2, -0.15) is 0 Å². The molecule has 1 saturated heterocycles. The van der Waals surface area contributed by atoms with Gasteiger partial charge in [0.2, 0.25) is 11.8 Å². The molecular formula is C18H28N4O2. The minimum absolute atomic E-state index is 0.0188. The Morgan fingerprint density at radius 2 is 2.21 bits per heavy atom. The summed E-state index contributed by atoms with van der Waals surface area (Å²) in [4.78, 5) is 30.5. The number of carbonyl (C=O) groups excluding carboxylic acids is 2. The summed E-state index contributed by atoms with van der Waals surface area (Å²) in [6, 6.07) is 3.94. The van der Waals surface area contributed by atoms with E-state index >= 15 is 0 Å². The van der Waals surface area contributed by atoms with Crippen molar-refractivity contribution in [3.63, 3.8) is 0 Å². The Morgan fingerprint density at radius 1 is 1.42 bits per heavy atom. The second-order valence-electron chi connectivity index (χ2n) is 7.20. The fraction of sp³-hybridized carbons (Fsp3) is 0.611.